The van der Waals surface area contributed by atoms with Crippen molar-refractivity contribution in [2.24, 2.45) is 5.92 Å². The van der Waals surface area contributed by atoms with E-state index < -0.39 is 40.1 Å². The van der Waals surface area contributed by atoms with Crippen molar-refractivity contribution in [1.29, 1.82) is 0 Å². The molecule has 2 aromatic carbocycles. The molecule has 0 aliphatic carbocycles. The number of fused-ring (bicyclic) bond motifs is 1. The van der Waals surface area contributed by atoms with Crippen LogP contribution in [0, 0.1) is 16.0 Å². The lowest BCUT2D eigenvalue weighted by Gasteiger charge is -2.32. The first-order chi connectivity index (χ1) is 16.6. The number of pyridine rings is 1. The van der Waals surface area contributed by atoms with E-state index in [0.29, 0.717) is 24.4 Å². The lowest BCUT2D eigenvalue weighted by molar-refractivity contribution is -0.384. The number of nitrogens with zero attached hydrogens (tertiary/aromatic N) is 3. The molecular weight excluding hydrogens is 467 g/mol. The molecule has 35 heavy (non-hydrogen) atoms. The summed E-state index contributed by atoms with van der Waals surface area (Å²) < 4.78 is 38.8. The van der Waals surface area contributed by atoms with E-state index in [1.165, 1.54) is 0 Å². The Bertz CT molecular complexity index is 1290. The van der Waals surface area contributed by atoms with E-state index in [9.17, 15) is 32.9 Å². The summed E-state index contributed by atoms with van der Waals surface area (Å²) in [5.74, 6) is -1.49. The van der Waals surface area contributed by atoms with Crippen LogP contribution in [0.25, 0.3) is 10.9 Å². The molecule has 2 amide bonds. The normalized spacial score (nSPS) is 14.5. The number of hydrazine groups is 1. The molecule has 182 valence electrons. The summed E-state index contributed by atoms with van der Waals surface area (Å²) in [6, 6.07) is 13.0. The van der Waals surface area contributed by atoms with Gasteiger partial charge in [0.25, 0.3) is 11.6 Å². The Balaban J connectivity index is 1.35. The number of hydrogen-bond donors (Lipinski definition) is 2. The summed E-state index contributed by atoms with van der Waals surface area (Å²) in [5, 5.41) is 12.2. The highest BCUT2D eigenvalue weighted by atomic mass is 19.4. The topological polar surface area (TPSA) is 117 Å². The molecule has 2 N–H and O–H groups in total. The molecular formula is C23H20F3N5O4. The second kappa shape index (κ2) is 9.57. The Labute approximate surface area is 197 Å². The fraction of sp³-hybridized carbons (Fsp3) is 0.261. The molecule has 9 nitrogen and oxygen atoms in total. The molecule has 0 saturated carbocycles. The number of rotatable bonds is 4. The number of halogens is 3. The van der Waals surface area contributed by atoms with Crippen molar-refractivity contribution >= 4 is 34.1 Å². The van der Waals surface area contributed by atoms with Gasteiger partial charge in [-0.15, -0.1) is 0 Å². The number of nitrogens with one attached hydrogen (secondary N) is 2. The van der Waals surface area contributed by atoms with Gasteiger partial charge in [-0.2, -0.15) is 13.2 Å². The summed E-state index contributed by atoms with van der Waals surface area (Å²) >= 11 is 0. The second-order valence-corrected chi connectivity index (χ2v) is 8.05. The van der Waals surface area contributed by atoms with Crippen LogP contribution in [0.1, 0.15) is 28.9 Å². The first kappa shape index (κ1) is 23.9. The number of alkyl halides is 3. The summed E-state index contributed by atoms with van der Waals surface area (Å²) in [5.41, 5.74) is 3.81. The maximum Gasteiger partial charge on any atom is 0.416 e. The lowest BCUT2D eigenvalue weighted by atomic mass is 9.95. The second-order valence-electron chi connectivity index (χ2n) is 8.05. The van der Waals surface area contributed by atoms with Gasteiger partial charge in [0.15, 0.2) is 0 Å². The van der Waals surface area contributed by atoms with E-state index >= 15 is 0 Å². The monoisotopic (exact) mass is 487 g/mol. The molecule has 3 aromatic rings. The predicted octanol–water partition coefficient (Wildman–Crippen LogP) is 3.84. The highest BCUT2D eigenvalue weighted by Gasteiger charge is 2.35. The molecule has 4 rings (SSSR count). The van der Waals surface area contributed by atoms with Gasteiger partial charge in [-0.25, -0.2) is 4.98 Å². The van der Waals surface area contributed by atoms with Gasteiger partial charge in [0.05, 0.1) is 16.0 Å². The number of hydrogen-bond acceptors (Lipinski definition) is 6. The van der Waals surface area contributed by atoms with Crippen LogP contribution in [0.2, 0.25) is 0 Å². The smallest absolute Gasteiger partial charge is 0.366 e. The minimum atomic E-state index is -4.69. The van der Waals surface area contributed by atoms with Crippen LogP contribution in [-0.2, 0) is 11.0 Å². The number of carbonyl (C=O) groups is 2. The Morgan fingerprint density at radius 1 is 1.03 bits per heavy atom. The quantitative estimate of drug-likeness (QED) is 0.427. The highest BCUT2D eigenvalue weighted by molar-refractivity contribution is 5.96. The maximum absolute atomic E-state index is 12.9. The maximum atomic E-state index is 12.9. The number of anilines is 1. The van der Waals surface area contributed by atoms with E-state index in [-0.39, 0.29) is 24.5 Å². The van der Waals surface area contributed by atoms with Crippen LogP contribution in [0.15, 0.2) is 54.6 Å². The third kappa shape index (κ3) is 5.31. The Morgan fingerprint density at radius 2 is 1.74 bits per heavy atom. The van der Waals surface area contributed by atoms with Crippen molar-refractivity contribution in [3.8, 4) is 0 Å². The van der Waals surface area contributed by atoms with E-state index in [1.807, 2.05) is 12.1 Å². The highest BCUT2D eigenvalue weighted by Crippen LogP contribution is 2.37. The van der Waals surface area contributed by atoms with Crippen LogP contribution in [-0.4, -0.2) is 34.8 Å². The summed E-state index contributed by atoms with van der Waals surface area (Å²) in [4.78, 5) is 41.2. The minimum absolute atomic E-state index is 0.0672. The van der Waals surface area contributed by atoms with Gasteiger partial charge in [-0.1, -0.05) is 24.3 Å². The molecule has 0 unspecified atom stereocenters. The zero-order valence-electron chi connectivity index (χ0n) is 18.2. The third-order valence-corrected chi connectivity index (χ3v) is 5.84. The average Bonchev–Trinajstić information content (AvgIpc) is 2.86. The summed E-state index contributed by atoms with van der Waals surface area (Å²) in [6.07, 6.45) is -4.09. The van der Waals surface area contributed by atoms with Crippen molar-refractivity contribution in [3.63, 3.8) is 0 Å². The number of para-hydroxylation sites is 1. The van der Waals surface area contributed by atoms with E-state index in [2.05, 4.69) is 15.8 Å². The van der Waals surface area contributed by atoms with Gasteiger partial charge in [-0.3, -0.25) is 30.6 Å². The number of aromatic nitrogens is 1. The Kier molecular flexibility index (Phi) is 6.54. The standard InChI is InChI=1S/C23H20F3N5O4/c24-23(25,26)16-6-8-19(20(13-16)31(34)35)30-11-9-15(10-12-30)21(32)28-29-22(33)18-7-5-14-3-1-2-4-17(14)27-18/h1-8,13,15H,9-12H2,(H,28,32)(H,29,33). The van der Waals surface area contributed by atoms with Crippen LogP contribution in [0.3, 0.4) is 0 Å². The molecule has 1 aliphatic heterocycles. The van der Waals surface area contributed by atoms with Gasteiger partial charge >= 0.3 is 6.18 Å². The molecule has 1 saturated heterocycles. The first-order valence-corrected chi connectivity index (χ1v) is 10.7. The number of amides is 2. The zero-order valence-corrected chi connectivity index (χ0v) is 18.2. The molecule has 1 aliphatic rings. The van der Waals surface area contributed by atoms with Crippen LogP contribution in [0.4, 0.5) is 24.5 Å². The van der Waals surface area contributed by atoms with Gasteiger partial charge in [0.1, 0.15) is 11.4 Å². The third-order valence-electron chi connectivity index (χ3n) is 5.84. The number of piperidine rings is 1. The van der Waals surface area contributed by atoms with Gasteiger partial charge in [-0.05, 0) is 37.1 Å². The molecule has 0 bridgehead atoms. The first-order valence-electron chi connectivity index (χ1n) is 10.7. The number of nitro groups is 1. The molecule has 12 heteroatoms. The SMILES string of the molecule is O=C(NNC(=O)C1CCN(c2ccc(C(F)(F)F)cc2[N+](=O)[O-])CC1)c1ccc2ccccc2n1. The lowest BCUT2D eigenvalue weighted by Crippen LogP contribution is -2.47. The van der Waals surface area contributed by atoms with Gasteiger partial charge in [0.2, 0.25) is 5.91 Å². The number of nitro benzene ring substituents is 1. The van der Waals surface area contributed by atoms with Crippen molar-refractivity contribution in [3.05, 3.63) is 76.0 Å². The molecule has 0 radical (unpaired) electrons. The van der Waals surface area contributed by atoms with Crippen LogP contribution in [0.5, 0.6) is 0 Å². The van der Waals surface area contributed by atoms with Crippen molar-refractivity contribution in [2.75, 3.05) is 18.0 Å². The van der Waals surface area contributed by atoms with Crippen LogP contribution < -0.4 is 15.8 Å². The van der Waals surface area contributed by atoms with E-state index in [4.69, 9.17) is 0 Å². The minimum Gasteiger partial charge on any atom is -0.366 e. The number of carbonyl (C=O) groups excluding carboxylic acids is 2. The fourth-order valence-electron chi connectivity index (χ4n) is 3.97. The predicted molar refractivity (Wildman–Crippen MR) is 120 cm³/mol. The molecule has 1 aromatic heterocycles. The summed E-state index contributed by atoms with van der Waals surface area (Å²) in [7, 11) is 0. The van der Waals surface area contributed by atoms with E-state index in [0.717, 1.165) is 17.5 Å². The van der Waals surface area contributed by atoms with Gasteiger partial charge in [0, 0.05) is 30.5 Å². The number of benzene rings is 2. The molecule has 0 atom stereocenters. The van der Waals surface area contributed by atoms with Gasteiger partial charge < -0.3 is 4.90 Å². The molecule has 2 heterocycles. The largest absolute Gasteiger partial charge is 0.416 e. The van der Waals surface area contributed by atoms with Crippen molar-refractivity contribution < 1.29 is 27.7 Å². The zero-order chi connectivity index (χ0) is 25.2. The van der Waals surface area contributed by atoms with Crippen molar-refractivity contribution in [1.82, 2.24) is 15.8 Å². The molecule has 0 spiro atoms. The Morgan fingerprint density at radius 3 is 2.43 bits per heavy atom. The average molecular weight is 487 g/mol. The van der Waals surface area contributed by atoms with Crippen molar-refractivity contribution in [2.45, 2.75) is 19.0 Å². The van der Waals surface area contributed by atoms with Crippen LogP contribution >= 0.6 is 0 Å². The fourth-order valence-corrected chi connectivity index (χ4v) is 3.97. The summed E-state index contributed by atoms with van der Waals surface area (Å²) in [6.45, 7) is 0.453. The molecule has 1 fully saturated rings. The Hall–Kier alpha value is -4.22. The van der Waals surface area contributed by atoms with E-state index in [1.54, 1.807) is 29.2 Å².